The Hall–Kier alpha value is -4.27. The highest BCUT2D eigenvalue weighted by molar-refractivity contribution is 5.94. The minimum atomic E-state index is -0.931. The number of rotatable bonds is 11. The third kappa shape index (κ3) is 6.64. The number of aryl methyl sites for hydroxylation is 2. The molecule has 0 bridgehead atoms. The Bertz CT molecular complexity index is 1680. The van der Waals surface area contributed by atoms with E-state index in [1.807, 2.05) is 50.2 Å². The lowest BCUT2D eigenvalue weighted by atomic mass is 9.84. The SMILES string of the molecule is C=C[C@@H]1C[C@]1(CC(=O)[C@@H]1C[C@@H](Oc2cc(-c3cccc(C)n3)nc3c(C)c(OC)ccc23)C[C@H]1C(=O)OC(C)(C)C)C(=O)OCC. The first-order valence-corrected chi connectivity index (χ1v) is 15.9. The fraction of sp³-hybridized carbons (Fsp3) is 0.486. The van der Waals surface area contributed by atoms with Gasteiger partial charge in [-0.2, -0.15) is 0 Å². The summed E-state index contributed by atoms with van der Waals surface area (Å²) in [6, 6.07) is 11.4. The zero-order valence-electron chi connectivity index (χ0n) is 27.8. The van der Waals surface area contributed by atoms with Gasteiger partial charge in [0.2, 0.25) is 0 Å². The number of fused-ring (bicyclic) bond motifs is 1. The third-order valence-electron chi connectivity index (χ3n) is 9.04. The van der Waals surface area contributed by atoms with E-state index in [0.29, 0.717) is 47.7 Å². The summed E-state index contributed by atoms with van der Waals surface area (Å²) < 4.78 is 23.4. The van der Waals surface area contributed by atoms with Crippen molar-refractivity contribution in [2.24, 2.45) is 23.2 Å². The second-order valence-electron chi connectivity index (χ2n) is 13.5. The number of aromatic nitrogens is 2. The monoisotopic (exact) mass is 628 g/mol. The Morgan fingerprint density at radius 1 is 1.02 bits per heavy atom. The fourth-order valence-electron chi connectivity index (χ4n) is 6.64. The Balaban J connectivity index is 1.50. The molecule has 0 aliphatic heterocycles. The van der Waals surface area contributed by atoms with Crippen LogP contribution in [0.3, 0.4) is 0 Å². The standard InChI is InChI=1S/C37H44N2O7/c1-9-23-19-37(23,35(42)44-10-2)20-30(40)26-16-24(17-27(26)34(41)46-36(5,6)7)45-32-18-29(28-13-11-12-21(3)38-28)39-33-22(4)31(43-8)15-14-25(32)33/h9,11-15,18,23-24,26-27H,1,10,16-17,19-20H2,2-8H3/t23-,24-,26-,27-,37-/m1/s1. The van der Waals surface area contributed by atoms with Crippen LogP contribution in [0.4, 0.5) is 0 Å². The molecule has 9 heteroatoms. The number of benzene rings is 1. The lowest BCUT2D eigenvalue weighted by molar-refractivity contribution is -0.163. The predicted octanol–water partition coefficient (Wildman–Crippen LogP) is 6.75. The Kier molecular flexibility index (Phi) is 9.25. The van der Waals surface area contributed by atoms with Gasteiger partial charge >= 0.3 is 11.9 Å². The summed E-state index contributed by atoms with van der Waals surface area (Å²) in [5.41, 5.74) is 2.11. The van der Waals surface area contributed by atoms with Crippen molar-refractivity contribution in [1.29, 1.82) is 0 Å². The van der Waals surface area contributed by atoms with Gasteiger partial charge in [-0.05, 0) is 91.0 Å². The van der Waals surface area contributed by atoms with E-state index in [1.165, 1.54) is 0 Å². The quantitative estimate of drug-likeness (QED) is 0.168. The highest BCUT2D eigenvalue weighted by Crippen LogP contribution is 2.58. The molecule has 9 nitrogen and oxygen atoms in total. The van der Waals surface area contributed by atoms with Crippen LogP contribution in [-0.4, -0.2) is 53.1 Å². The molecule has 5 atom stereocenters. The Labute approximate surface area is 270 Å². The number of pyridine rings is 2. The summed E-state index contributed by atoms with van der Waals surface area (Å²) in [5, 5.41) is 0.784. The van der Waals surface area contributed by atoms with Gasteiger partial charge in [0.15, 0.2) is 0 Å². The molecule has 2 aromatic heterocycles. The van der Waals surface area contributed by atoms with E-state index in [1.54, 1.807) is 40.9 Å². The number of ketones is 1. The molecule has 3 aromatic rings. The number of Topliss-reactive ketones (excluding diaryl/α,β-unsaturated/α-hetero) is 1. The summed E-state index contributed by atoms with van der Waals surface area (Å²) in [6.45, 7) is 15.1. The van der Waals surface area contributed by atoms with Crippen molar-refractivity contribution in [3.63, 3.8) is 0 Å². The molecule has 0 amide bonds. The summed E-state index contributed by atoms with van der Waals surface area (Å²) in [6.07, 6.45) is 2.33. The number of carbonyl (C=O) groups excluding carboxylic acids is 3. The zero-order chi connectivity index (χ0) is 33.4. The molecule has 0 N–H and O–H groups in total. The van der Waals surface area contributed by atoms with E-state index < -0.39 is 34.9 Å². The van der Waals surface area contributed by atoms with E-state index in [-0.39, 0.29) is 30.7 Å². The Morgan fingerprint density at radius 3 is 2.39 bits per heavy atom. The van der Waals surface area contributed by atoms with Gasteiger partial charge in [0.05, 0.1) is 42.0 Å². The highest BCUT2D eigenvalue weighted by Gasteiger charge is 2.61. The van der Waals surface area contributed by atoms with Crippen LogP contribution in [0.5, 0.6) is 11.5 Å². The van der Waals surface area contributed by atoms with E-state index in [9.17, 15) is 14.4 Å². The number of allylic oxidation sites excluding steroid dienone is 1. The number of nitrogens with zero attached hydrogens (tertiary/aromatic N) is 2. The van der Waals surface area contributed by atoms with Crippen molar-refractivity contribution >= 4 is 28.6 Å². The zero-order valence-corrected chi connectivity index (χ0v) is 27.8. The van der Waals surface area contributed by atoms with Gasteiger partial charge in [-0.15, -0.1) is 6.58 Å². The molecular formula is C37H44N2O7. The number of carbonyl (C=O) groups is 3. The van der Waals surface area contributed by atoms with E-state index in [2.05, 4.69) is 11.6 Å². The van der Waals surface area contributed by atoms with Crippen LogP contribution in [0.1, 0.15) is 64.6 Å². The molecule has 244 valence electrons. The minimum absolute atomic E-state index is 0.0143. The van der Waals surface area contributed by atoms with Crippen LogP contribution >= 0.6 is 0 Å². The maximum absolute atomic E-state index is 14.0. The largest absolute Gasteiger partial charge is 0.496 e. The van der Waals surface area contributed by atoms with Gasteiger partial charge in [-0.3, -0.25) is 19.4 Å². The average Bonchev–Trinajstić information content (AvgIpc) is 3.55. The average molecular weight is 629 g/mol. The van der Waals surface area contributed by atoms with Crippen LogP contribution in [0.25, 0.3) is 22.3 Å². The topological polar surface area (TPSA) is 114 Å². The molecule has 2 aliphatic rings. The summed E-state index contributed by atoms with van der Waals surface area (Å²) in [4.78, 5) is 50.1. The van der Waals surface area contributed by atoms with Crippen molar-refractivity contribution in [2.75, 3.05) is 13.7 Å². The van der Waals surface area contributed by atoms with Crippen molar-refractivity contribution in [1.82, 2.24) is 9.97 Å². The first kappa shape index (κ1) is 33.1. The predicted molar refractivity (Wildman–Crippen MR) is 174 cm³/mol. The van der Waals surface area contributed by atoms with Crippen molar-refractivity contribution in [3.05, 3.63) is 60.3 Å². The van der Waals surface area contributed by atoms with Gasteiger partial charge in [0.25, 0.3) is 0 Å². The summed E-state index contributed by atoms with van der Waals surface area (Å²) >= 11 is 0. The molecular weight excluding hydrogens is 584 g/mol. The lowest BCUT2D eigenvalue weighted by Gasteiger charge is -2.25. The van der Waals surface area contributed by atoms with Gasteiger partial charge in [-0.25, -0.2) is 4.98 Å². The summed E-state index contributed by atoms with van der Waals surface area (Å²) in [5.74, 6) is -1.25. The fourth-order valence-corrected chi connectivity index (χ4v) is 6.64. The smallest absolute Gasteiger partial charge is 0.313 e. The maximum atomic E-state index is 14.0. The minimum Gasteiger partial charge on any atom is -0.496 e. The van der Waals surface area contributed by atoms with Gasteiger partial charge < -0.3 is 18.9 Å². The molecule has 2 fully saturated rings. The maximum Gasteiger partial charge on any atom is 0.313 e. The molecule has 5 rings (SSSR count). The molecule has 46 heavy (non-hydrogen) atoms. The van der Waals surface area contributed by atoms with Gasteiger partial charge in [-0.1, -0.05) is 12.1 Å². The number of ether oxygens (including phenoxy) is 4. The first-order valence-electron chi connectivity index (χ1n) is 15.9. The molecule has 0 spiro atoms. The van der Waals surface area contributed by atoms with Crippen LogP contribution in [0.15, 0.2) is 49.1 Å². The Morgan fingerprint density at radius 2 is 1.76 bits per heavy atom. The number of esters is 2. The second-order valence-corrected chi connectivity index (χ2v) is 13.5. The van der Waals surface area contributed by atoms with Crippen molar-refractivity contribution in [3.8, 4) is 22.9 Å². The summed E-state index contributed by atoms with van der Waals surface area (Å²) in [7, 11) is 1.62. The van der Waals surface area contributed by atoms with Crippen molar-refractivity contribution in [2.45, 2.75) is 78.9 Å². The first-order chi connectivity index (χ1) is 21.8. The molecule has 2 heterocycles. The third-order valence-corrected chi connectivity index (χ3v) is 9.04. The molecule has 0 unspecified atom stereocenters. The molecule has 2 aliphatic carbocycles. The van der Waals surface area contributed by atoms with Gasteiger partial charge in [0.1, 0.15) is 29.0 Å². The van der Waals surface area contributed by atoms with E-state index in [4.69, 9.17) is 23.9 Å². The number of hydrogen-bond donors (Lipinski definition) is 0. The van der Waals surface area contributed by atoms with Crippen LogP contribution in [0, 0.1) is 37.0 Å². The normalized spacial score (nSPS) is 23.9. The highest BCUT2D eigenvalue weighted by atomic mass is 16.6. The van der Waals surface area contributed by atoms with E-state index in [0.717, 1.165) is 16.6 Å². The van der Waals surface area contributed by atoms with E-state index >= 15 is 0 Å². The molecule has 0 saturated heterocycles. The number of methoxy groups -OCH3 is 1. The number of hydrogen-bond acceptors (Lipinski definition) is 9. The van der Waals surface area contributed by atoms with Crippen molar-refractivity contribution < 1.29 is 33.3 Å². The van der Waals surface area contributed by atoms with Crippen LogP contribution < -0.4 is 9.47 Å². The van der Waals surface area contributed by atoms with Crippen LogP contribution in [-0.2, 0) is 23.9 Å². The van der Waals surface area contributed by atoms with Crippen LogP contribution in [0.2, 0.25) is 0 Å². The van der Waals surface area contributed by atoms with Gasteiger partial charge in [0, 0.05) is 35.0 Å². The molecule has 2 saturated carbocycles. The second kappa shape index (κ2) is 12.9. The lowest BCUT2D eigenvalue weighted by Crippen LogP contribution is -2.34. The molecule has 1 aromatic carbocycles. The molecule has 0 radical (unpaired) electrons.